The topological polar surface area (TPSA) is 67.9 Å². The first-order chi connectivity index (χ1) is 10.0. The third kappa shape index (κ3) is 6.27. The number of hydrogen-bond acceptors (Lipinski definition) is 4. The summed E-state index contributed by atoms with van der Waals surface area (Å²) < 4.78 is 10.0. The van der Waals surface area contributed by atoms with Gasteiger partial charge in [-0.3, -0.25) is 4.79 Å². The Balaban J connectivity index is 2.27. The fraction of sp³-hybridized carbons (Fsp3) is 0.467. The van der Waals surface area contributed by atoms with E-state index in [-0.39, 0.29) is 25.1 Å². The number of amides is 2. The standard InChI is InChI=1S/C15H22N2O4/c1-12(10-20-3)17(2)14(18)9-16-15(19)21-11-13-7-5-4-6-8-13/h4-8,12H,9-11H2,1-3H3,(H,16,19). The molecule has 116 valence electrons. The summed E-state index contributed by atoms with van der Waals surface area (Å²) in [5.74, 6) is -0.198. The van der Waals surface area contributed by atoms with Crippen LogP contribution in [0.1, 0.15) is 12.5 Å². The minimum absolute atomic E-state index is 0.0513. The lowest BCUT2D eigenvalue weighted by Gasteiger charge is -2.24. The van der Waals surface area contributed by atoms with Crippen LogP contribution in [0.4, 0.5) is 4.79 Å². The monoisotopic (exact) mass is 294 g/mol. The van der Waals surface area contributed by atoms with Gasteiger partial charge in [-0.1, -0.05) is 30.3 Å². The number of methoxy groups -OCH3 is 1. The molecule has 1 N–H and O–H groups in total. The van der Waals surface area contributed by atoms with E-state index >= 15 is 0 Å². The zero-order valence-electron chi connectivity index (χ0n) is 12.7. The van der Waals surface area contributed by atoms with Crippen molar-refractivity contribution in [3.05, 3.63) is 35.9 Å². The summed E-state index contributed by atoms with van der Waals surface area (Å²) in [5.41, 5.74) is 0.893. The Morgan fingerprint density at radius 1 is 1.29 bits per heavy atom. The van der Waals surface area contributed by atoms with Crippen molar-refractivity contribution in [3.63, 3.8) is 0 Å². The number of alkyl carbamates (subject to hydrolysis) is 1. The minimum atomic E-state index is -0.611. The Hall–Kier alpha value is -2.08. The van der Waals surface area contributed by atoms with Crippen LogP contribution in [-0.2, 0) is 20.9 Å². The van der Waals surface area contributed by atoms with Crippen LogP contribution in [0, 0.1) is 0 Å². The predicted octanol–water partition coefficient (Wildman–Crippen LogP) is 1.41. The predicted molar refractivity (Wildman–Crippen MR) is 78.7 cm³/mol. The summed E-state index contributed by atoms with van der Waals surface area (Å²) in [6.07, 6.45) is -0.611. The molecule has 0 aromatic heterocycles. The molecule has 0 spiro atoms. The van der Waals surface area contributed by atoms with Gasteiger partial charge in [-0.05, 0) is 12.5 Å². The molecule has 1 rings (SSSR count). The summed E-state index contributed by atoms with van der Waals surface area (Å²) in [7, 11) is 3.25. The van der Waals surface area contributed by atoms with Crippen molar-refractivity contribution in [1.29, 1.82) is 0 Å². The first kappa shape index (κ1) is 17.0. The Kier molecular flexibility index (Phi) is 7.25. The van der Waals surface area contributed by atoms with E-state index in [0.717, 1.165) is 5.56 Å². The Bertz CT molecular complexity index is 450. The summed E-state index contributed by atoms with van der Waals surface area (Å²) in [5, 5.41) is 2.44. The first-order valence-corrected chi connectivity index (χ1v) is 6.73. The zero-order valence-corrected chi connectivity index (χ0v) is 12.7. The molecular formula is C15H22N2O4. The number of nitrogens with zero attached hydrogens (tertiary/aromatic N) is 1. The van der Waals surface area contributed by atoms with Crippen LogP contribution >= 0.6 is 0 Å². The van der Waals surface area contributed by atoms with Crippen molar-refractivity contribution >= 4 is 12.0 Å². The molecule has 0 aliphatic heterocycles. The molecule has 1 atom stereocenters. The molecule has 6 nitrogen and oxygen atoms in total. The van der Waals surface area contributed by atoms with E-state index in [1.165, 1.54) is 4.90 Å². The van der Waals surface area contributed by atoms with Gasteiger partial charge in [-0.2, -0.15) is 0 Å². The number of rotatable bonds is 7. The van der Waals surface area contributed by atoms with Crippen LogP contribution in [0.15, 0.2) is 30.3 Å². The largest absolute Gasteiger partial charge is 0.445 e. The van der Waals surface area contributed by atoms with Crippen LogP contribution in [0.2, 0.25) is 0 Å². The molecule has 0 radical (unpaired) electrons. The quantitative estimate of drug-likeness (QED) is 0.825. The highest BCUT2D eigenvalue weighted by molar-refractivity contribution is 5.82. The molecule has 1 unspecified atom stereocenters. The number of nitrogens with one attached hydrogen (secondary N) is 1. The number of benzene rings is 1. The average Bonchev–Trinajstić information content (AvgIpc) is 2.51. The average molecular weight is 294 g/mol. The Morgan fingerprint density at radius 3 is 2.57 bits per heavy atom. The molecule has 0 fully saturated rings. The van der Waals surface area contributed by atoms with Crippen molar-refractivity contribution in [2.45, 2.75) is 19.6 Å². The van der Waals surface area contributed by atoms with Crippen LogP contribution in [0.5, 0.6) is 0 Å². The van der Waals surface area contributed by atoms with E-state index < -0.39 is 6.09 Å². The van der Waals surface area contributed by atoms with Crippen LogP contribution in [0.3, 0.4) is 0 Å². The van der Waals surface area contributed by atoms with E-state index in [1.807, 2.05) is 37.3 Å². The molecule has 6 heteroatoms. The smallest absolute Gasteiger partial charge is 0.407 e. The molecule has 2 amide bonds. The maximum atomic E-state index is 11.8. The number of carbonyl (C=O) groups is 2. The second-order valence-corrected chi connectivity index (χ2v) is 4.72. The highest BCUT2D eigenvalue weighted by Crippen LogP contribution is 2.00. The molecule has 1 aromatic carbocycles. The van der Waals surface area contributed by atoms with E-state index in [2.05, 4.69) is 5.32 Å². The third-order valence-corrected chi connectivity index (χ3v) is 3.06. The molecule has 0 saturated carbocycles. The second-order valence-electron chi connectivity index (χ2n) is 4.72. The van der Waals surface area contributed by atoms with Gasteiger partial charge in [-0.25, -0.2) is 4.79 Å². The van der Waals surface area contributed by atoms with Crippen molar-refractivity contribution < 1.29 is 19.1 Å². The lowest BCUT2D eigenvalue weighted by atomic mass is 10.2. The normalized spacial score (nSPS) is 11.6. The van der Waals surface area contributed by atoms with E-state index in [0.29, 0.717) is 6.61 Å². The summed E-state index contributed by atoms with van der Waals surface area (Å²) in [6, 6.07) is 9.29. The minimum Gasteiger partial charge on any atom is -0.445 e. The van der Waals surface area contributed by atoms with E-state index in [1.54, 1.807) is 14.2 Å². The van der Waals surface area contributed by atoms with Crippen LogP contribution in [-0.4, -0.2) is 50.3 Å². The van der Waals surface area contributed by atoms with Crippen LogP contribution < -0.4 is 5.32 Å². The van der Waals surface area contributed by atoms with Gasteiger partial charge in [0.2, 0.25) is 5.91 Å². The molecule has 0 aliphatic carbocycles. The SMILES string of the molecule is COCC(C)N(C)C(=O)CNC(=O)OCc1ccccc1. The molecule has 0 heterocycles. The van der Waals surface area contributed by atoms with Gasteiger partial charge in [0.05, 0.1) is 12.6 Å². The zero-order chi connectivity index (χ0) is 15.7. The van der Waals surface area contributed by atoms with Crippen LogP contribution in [0.25, 0.3) is 0 Å². The maximum absolute atomic E-state index is 11.8. The van der Waals surface area contributed by atoms with E-state index in [9.17, 15) is 9.59 Å². The van der Waals surface area contributed by atoms with Crippen molar-refractivity contribution in [2.75, 3.05) is 27.3 Å². The molecule has 21 heavy (non-hydrogen) atoms. The summed E-state index contributed by atoms with van der Waals surface area (Å²) >= 11 is 0. The molecule has 0 saturated heterocycles. The summed E-state index contributed by atoms with van der Waals surface area (Å²) in [4.78, 5) is 24.9. The fourth-order valence-corrected chi connectivity index (χ4v) is 1.65. The number of ether oxygens (including phenoxy) is 2. The third-order valence-electron chi connectivity index (χ3n) is 3.06. The van der Waals surface area contributed by atoms with Gasteiger partial charge in [0, 0.05) is 14.2 Å². The van der Waals surface area contributed by atoms with Gasteiger partial charge < -0.3 is 19.7 Å². The maximum Gasteiger partial charge on any atom is 0.407 e. The number of carbonyl (C=O) groups excluding carboxylic acids is 2. The fourth-order valence-electron chi connectivity index (χ4n) is 1.65. The van der Waals surface area contributed by atoms with Gasteiger partial charge in [0.25, 0.3) is 0 Å². The van der Waals surface area contributed by atoms with Crippen molar-refractivity contribution in [3.8, 4) is 0 Å². The van der Waals surface area contributed by atoms with Crippen molar-refractivity contribution in [2.24, 2.45) is 0 Å². The van der Waals surface area contributed by atoms with Gasteiger partial charge >= 0.3 is 6.09 Å². The molecular weight excluding hydrogens is 272 g/mol. The highest BCUT2D eigenvalue weighted by Gasteiger charge is 2.16. The lowest BCUT2D eigenvalue weighted by Crippen LogP contribution is -2.43. The lowest BCUT2D eigenvalue weighted by molar-refractivity contribution is -0.131. The van der Waals surface area contributed by atoms with Gasteiger partial charge in [-0.15, -0.1) is 0 Å². The molecule has 1 aromatic rings. The highest BCUT2D eigenvalue weighted by atomic mass is 16.5. The molecule has 0 bridgehead atoms. The van der Waals surface area contributed by atoms with Gasteiger partial charge in [0.15, 0.2) is 0 Å². The number of likely N-dealkylation sites (N-methyl/N-ethyl adjacent to an activating group) is 1. The Morgan fingerprint density at radius 2 is 1.95 bits per heavy atom. The number of hydrogen-bond donors (Lipinski definition) is 1. The summed E-state index contributed by atoms with van der Waals surface area (Å²) in [6.45, 7) is 2.39. The molecule has 0 aliphatic rings. The van der Waals surface area contributed by atoms with E-state index in [4.69, 9.17) is 9.47 Å². The second kappa shape index (κ2) is 8.97. The van der Waals surface area contributed by atoms with Crippen molar-refractivity contribution in [1.82, 2.24) is 10.2 Å². The Labute approximate surface area is 125 Å². The van der Waals surface area contributed by atoms with Gasteiger partial charge in [0.1, 0.15) is 13.2 Å². The first-order valence-electron chi connectivity index (χ1n) is 6.73.